The standard InChI is InChI=1S/C22H25N3O3/c1-2-25-16-17(14-23-25)15-24-11-9-22(10-12-24,21(26)27)28-20-8-7-18-5-3-4-6-19(18)13-20/h3-8,13-14,16H,2,9-12,15H2,1H3,(H,26,27). The Morgan fingerprint density at radius 2 is 1.93 bits per heavy atom. The van der Waals surface area contributed by atoms with Crippen molar-refractivity contribution in [1.82, 2.24) is 14.7 Å². The Morgan fingerprint density at radius 1 is 1.18 bits per heavy atom. The monoisotopic (exact) mass is 379 g/mol. The molecule has 0 unspecified atom stereocenters. The van der Waals surface area contributed by atoms with Crippen molar-refractivity contribution in [2.24, 2.45) is 0 Å². The Labute approximate surface area is 164 Å². The average Bonchev–Trinajstić information content (AvgIpc) is 3.17. The van der Waals surface area contributed by atoms with Gasteiger partial charge >= 0.3 is 5.97 Å². The normalized spacial score (nSPS) is 16.9. The summed E-state index contributed by atoms with van der Waals surface area (Å²) in [5, 5.41) is 16.4. The Bertz CT molecular complexity index is 974. The zero-order chi connectivity index (χ0) is 19.6. The van der Waals surface area contributed by atoms with Gasteiger partial charge in [-0.25, -0.2) is 4.79 Å². The first-order chi connectivity index (χ1) is 13.6. The lowest BCUT2D eigenvalue weighted by atomic mass is 9.90. The van der Waals surface area contributed by atoms with Crippen LogP contribution in [-0.4, -0.2) is 44.4 Å². The fourth-order valence-electron chi connectivity index (χ4n) is 3.81. The lowest BCUT2D eigenvalue weighted by Gasteiger charge is -2.38. The molecule has 4 rings (SSSR count). The average molecular weight is 379 g/mol. The number of aliphatic carboxylic acids is 1. The second-order valence-corrected chi connectivity index (χ2v) is 7.39. The minimum Gasteiger partial charge on any atom is -0.478 e. The maximum absolute atomic E-state index is 12.1. The summed E-state index contributed by atoms with van der Waals surface area (Å²) in [4.78, 5) is 14.4. The molecule has 146 valence electrons. The molecular weight excluding hydrogens is 354 g/mol. The second kappa shape index (κ2) is 7.64. The van der Waals surface area contributed by atoms with Crippen molar-refractivity contribution in [1.29, 1.82) is 0 Å². The van der Waals surface area contributed by atoms with Crippen molar-refractivity contribution >= 4 is 16.7 Å². The van der Waals surface area contributed by atoms with Gasteiger partial charge in [0, 0.05) is 50.8 Å². The van der Waals surface area contributed by atoms with Crippen LogP contribution in [0.25, 0.3) is 10.8 Å². The fraction of sp³-hybridized carbons (Fsp3) is 0.364. The lowest BCUT2D eigenvalue weighted by Crippen LogP contribution is -2.53. The Balaban J connectivity index is 1.45. The van der Waals surface area contributed by atoms with Crippen LogP contribution in [-0.2, 0) is 17.9 Å². The number of carboxylic acids is 1. The number of aromatic nitrogens is 2. The zero-order valence-electron chi connectivity index (χ0n) is 16.0. The highest BCUT2D eigenvalue weighted by Gasteiger charge is 2.44. The number of piperidine rings is 1. The third-order valence-corrected chi connectivity index (χ3v) is 5.50. The molecule has 2 heterocycles. The SMILES string of the molecule is CCn1cc(CN2CCC(Oc3ccc4ccccc4c3)(C(=O)O)CC2)cn1. The summed E-state index contributed by atoms with van der Waals surface area (Å²) in [5.74, 6) is -0.280. The first kappa shape index (κ1) is 18.5. The number of likely N-dealkylation sites (tertiary alicyclic amines) is 1. The van der Waals surface area contributed by atoms with E-state index in [-0.39, 0.29) is 0 Å². The highest BCUT2D eigenvalue weighted by atomic mass is 16.5. The maximum Gasteiger partial charge on any atom is 0.348 e. The van der Waals surface area contributed by atoms with Gasteiger partial charge in [0.05, 0.1) is 6.20 Å². The lowest BCUT2D eigenvalue weighted by molar-refractivity contribution is -0.159. The Kier molecular flexibility index (Phi) is 5.05. The minimum atomic E-state index is -1.17. The van der Waals surface area contributed by atoms with Crippen LogP contribution in [0.2, 0.25) is 0 Å². The largest absolute Gasteiger partial charge is 0.478 e. The maximum atomic E-state index is 12.1. The molecule has 6 heteroatoms. The summed E-state index contributed by atoms with van der Waals surface area (Å²) in [6.45, 7) is 5.05. The predicted molar refractivity (Wildman–Crippen MR) is 107 cm³/mol. The minimum absolute atomic E-state index is 0.455. The van der Waals surface area contributed by atoms with Crippen molar-refractivity contribution < 1.29 is 14.6 Å². The van der Waals surface area contributed by atoms with Crippen LogP contribution in [0.3, 0.4) is 0 Å². The molecular formula is C22H25N3O3. The van der Waals surface area contributed by atoms with E-state index in [0.717, 1.165) is 29.4 Å². The number of ether oxygens (including phenoxy) is 1. The molecule has 28 heavy (non-hydrogen) atoms. The van der Waals surface area contributed by atoms with Gasteiger partial charge in [0.1, 0.15) is 5.75 Å². The molecule has 0 amide bonds. The Morgan fingerprint density at radius 3 is 2.61 bits per heavy atom. The van der Waals surface area contributed by atoms with E-state index in [9.17, 15) is 9.90 Å². The molecule has 2 aromatic carbocycles. The van der Waals surface area contributed by atoms with Crippen LogP contribution in [0.5, 0.6) is 5.75 Å². The summed E-state index contributed by atoms with van der Waals surface area (Å²) < 4.78 is 8.00. The van der Waals surface area contributed by atoms with Crippen LogP contribution in [0, 0.1) is 0 Å². The molecule has 1 saturated heterocycles. The van der Waals surface area contributed by atoms with E-state index in [1.807, 2.05) is 59.5 Å². The van der Waals surface area contributed by atoms with E-state index in [1.54, 1.807) is 0 Å². The van der Waals surface area contributed by atoms with Gasteiger partial charge in [-0.3, -0.25) is 9.58 Å². The third kappa shape index (κ3) is 3.73. The highest BCUT2D eigenvalue weighted by molar-refractivity contribution is 5.84. The van der Waals surface area contributed by atoms with Gasteiger partial charge in [0.15, 0.2) is 0 Å². The first-order valence-corrected chi connectivity index (χ1v) is 9.73. The molecule has 0 radical (unpaired) electrons. The van der Waals surface area contributed by atoms with Crippen molar-refractivity contribution in [3.05, 3.63) is 60.4 Å². The van der Waals surface area contributed by atoms with Gasteiger partial charge in [-0.2, -0.15) is 5.10 Å². The summed E-state index contributed by atoms with van der Waals surface area (Å²) in [7, 11) is 0. The van der Waals surface area contributed by atoms with Crippen molar-refractivity contribution in [3.8, 4) is 5.75 Å². The second-order valence-electron chi connectivity index (χ2n) is 7.39. The van der Waals surface area contributed by atoms with Gasteiger partial charge in [-0.1, -0.05) is 30.3 Å². The van der Waals surface area contributed by atoms with Gasteiger partial charge in [0.25, 0.3) is 0 Å². The molecule has 0 spiro atoms. The number of benzene rings is 2. The number of rotatable bonds is 6. The van der Waals surface area contributed by atoms with Crippen LogP contribution in [0.15, 0.2) is 54.9 Å². The summed E-state index contributed by atoms with van der Waals surface area (Å²) in [5.41, 5.74) is -0.0212. The molecule has 3 aromatic rings. The van der Waals surface area contributed by atoms with E-state index < -0.39 is 11.6 Å². The summed E-state index contributed by atoms with van der Waals surface area (Å²) in [6, 6.07) is 13.8. The van der Waals surface area contributed by atoms with E-state index in [1.165, 1.54) is 0 Å². The van der Waals surface area contributed by atoms with Crippen molar-refractivity contribution in [2.45, 2.75) is 38.5 Å². The smallest absolute Gasteiger partial charge is 0.348 e. The van der Waals surface area contributed by atoms with Crippen LogP contribution >= 0.6 is 0 Å². The number of hydrogen-bond donors (Lipinski definition) is 1. The van der Waals surface area contributed by atoms with Gasteiger partial charge in [-0.05, 0) is 29.8 Å². The molecule has 0 bridgehead atoms. The molecule has 1 fully saturated rings. The van der Waals surface area contributed by atoms with Crippen molar-refractivity contribution in [2.75, 3.05) is 13.1 Å². The number of aryl methyl sites for hydroxylation is 1. The highest BCUT2D eigenvalue weighted by Crippen LogP contribution is 2.31. The van der Waals surface area contributed by atoms with Gasteiger partial charge < -0.3 is 9.84 Å². The molecule has 1 aliphatic heterocycles. The molecule has 1 aromatic heterocycles. The van der Waals surface area contributed by atoms with Crippen LogP contribution in [0.4, 0.5) is 0 Å². The van der Waals surface area contributed by atoms with Crippen LogP contribution in [0.1, 0.15) is 25.3 Å². The molecule has 1 aliphatic rings. The van der Waals surface area contributed by atoms with Gasteiger partial charge in [0.2, 0.25) is 5.60 Å². The predicted octanol–water partition coefficient (Wildman–Crippen LogP) is 3.55. The molecule has 1 N–H and O–H groups in total. The summed E-state index contributed by atoms with van der Waals surface area (Å²) >= 11 is 0. The van der Waals surface area contributed by atoms with Gasteiger partial charge in [-0.15, -0.1) is 0 Å². The van der Waals surface area contributed by atoms with E-state index in [0.29, 0.717) is 31.7 Å². The third-order valence-electron chi connectivity index (χ3n) is 5.50. The van der Waals surface area contributed by atoms with Crippen molar-refractivity contribution in [3.63, 3.8) is 0 Å². The molecule has 0 atom stereocenters. The number of carboxylic acid groups (broad SMARTS) is 1. The number of carbonyl (C=O) groups is 1. The molecule has 0 saturated carbocycles. The molecule has 6 nitrogen and oxygen atoms in total. The first-order valence-electron chi connectivity index (χ1n) is 9.73. The van der Waals surface area contributed by atoms with Crippen LogP contribution < -0.4 is 4.74 Å². The topological polar surface area (TPSA) is 67.6 Å². The number of nitrogens with zero attached hydrogens (tertiary/aromatic N) is 3. The summed E-state index contributed by atoms with van der Waals surface area (Å²) in [6.07, 6.45) is 4.84. The van der Waals surface area contributed by atoms with E-state index in [4.69, 9.17) is 4.74 Å². The fourth-order valence-corrected chi connectivity index (χ4v) is 3.81. The Hall–Kier alpha value is -2.86. The van der Waals surface area contributed by atoms with E-state index in [2.05, 4.69) is 16.9 Å². The number of hydrogen-bond acceptors (Lipinski definition) is 4. The number of fused-ring (bicyclic) bond motifs is 1. The zero-order valence-corrected chi connectivity index (χ0v) is 16.0. The van der Waals surface area contributed by atoms with E-state index >= 15 is 0 Å². The quantitative estimate of drug-likeness (QED) is 0.709. The molecule has 0 aliphatic carbocycles.